The van der Waals surface area contributed by atoms with Crippen molar-refractivity contribution in [2.75, 3.05) is 6.54 Å². The lowest BCUT2D eigenvalue weighted by Crippen LogP contribution is -2.34. The zero-order chi connectivity index (χ0) is 12.8. The van der Waals surface area contributed by atoms with Crippen LogP contribution in [0.3, 0.4) is 0 Å². The molecule has 0 aliphatic rings. The van der Waals surface area contributed by atoms with E-state index < -0.39 is 0 Å². The first kappa shape index (κ1) is 14.8. The summed E-state index contributed by atoms with van der Waals surface area (Å²) in [6.45, 7) is 7.63. The highest BCUT2D eigenvalue weighted by Gasteiger charge is 2.12. The number of hydrogen-bond donors (Lipinski definition) is 1. The predicted octanol–water partition coefficient (Wildman–Crippen LogP) is 4.56. The molecule has 96 valence electrons. The molecule has 1 nitrogen and oxygen atoms in total. The quantitative estimate of drug-likeness (QED) is 0.801. The number of aryl methyl sites for hydroxylation is 1. The zero-order valence-electron chi connectivity index (χ0n) is 10.8. The molecule has 0 aliphatic heterocycles. The van der Waals surface area contributed by atoms with Gasteiger partial charge in [0.05, 0.1) is 0 Å². The molecule has 0 bridgehead atoms. The Balaban J connectivity index is 2.61. The van der Waals surface area contributed by atoms with Gasteiger partial charge in [0.2, 0.25) is 0 Å². The molecular formula is C14H21Cl2N. The fourth-order valence-electron chi connectivity index (χ4n) is 1.98. The third-order valence-corrected chi connectivity index (χ3v) is 3.61. The van der Waals surface area contributed by atoms with Crippen molar-refractivity contribution in [3.63, 3.8) is 0 Å². The van der Waals surface area contributed by atoms with E-state index in [1.807, 2.05) is 18.2 Å². The first-order valence-corrected chi connectivity index (χ1v) is 6.97. The summed E-state index contributed by atoms with van der Waals surface area (Å²) >= 11 is 12.1. The Hall–Kier alpha value is -0.240. The number of rotatable bonds is 6. The van der Waals surface area contributed by atoms with Crippen LogP contribution in [0.2, 0.25) is 10.0 Å². The van der Waals surface area contributed by atoms with Crippen LogP contribution in [0, 0.1) is 5.92 Å². The Morgan fingerprint density at radius 2 is 1.94 bits per heavy atom. The largest absolute Gasteiger partial charge is 0.314 e. The summed E-state index contributed by atoms with van der Waals surface area (Å²) in [6.07, 6.45) is 2.06. The molecule has 0 amide bonds. The SMILES string of the molecule is CCNC(CCc1cc(Cl)ccc1Cl)C(C)C. The van der Waals surface area contributed by atoms with Crippen molar-refractivity contribution < 1.29 is 0 Å². The van der Waals surface area contributed by atoms with Crippen LogP contribution in [0.5, 0.6) is 0 Å². The molecule has 1 aromatic carbocycles. The maximum Gasteiger partial charge on any atom is 0.0439 e. The van der Waals surface area contributed by atoms with E-state index in [1.165, 1.54) is 0 Å². The lowest BCUT2D eigenvalue weighted by molar-refractivity contribution is 0.385. The van der Waals surface area contributed by atoms with E-state index in [4.69, 9.17) is 23.2 Å². The van der Waals surface area contributed by atoms with Crippen LogP contribution < -0.4 is 5.32 Å². The monoisotopic (exact) mass is 273 g/mol. The Morgan fingerprint density at radius 3 is 2.53 bits per heavy atom. The van der Waals surface area contributed by atoms with E-state index in [1.54, 1.807) is 0 Å². The van der Waals surface area contributed by atoms with Crippen molar-refractivity contribution in [2.45, 2.75) is 39.7 Å². The van der Waals surface area contributed by atoms with Gasteiger partial charge < -0.3 is 5.32 Å². The Labute approximate surface area is 115 Å². The van der Waals surface area contributed by atoms with Crippen molar-refractivity contribution in [3.8, 4) is 0 Å². The molecule has 0 heterocycles. The molecule has 0 saturated carbocycles. The molecule has 0 spiro atoms. The van der Waals surface area contributed by atoms with Gasteiger partial charge in [-0.15, -0.1) is 0 Å². The van der Waals surface area contributed by atoms with Crippen LogP contribution in [0.4, 0.5) is 0 Å². The molecule has 1 rings (SSSR count). The van der Waals surface area contributed by atoms with Gasteiger partial charge in [-0.05, 0) is 49.1 Å². The molecular weight excluding hydrogens is 253 g/mol. The Bertz CT molecular complexity index is 350. The van der Waals surface area contributed by atoms with Gasteiger partial charge in [-0.3, -0.25) is 0 Å². The fraction of sp³-hybridized carbons (Fsp3) is 0.571. The summed E-state index contributed by atoms with van der Waals surface area (Å²) in [5.41, 5.74) is 1.14. The Kier molecular flexibility index (Phi) is 6.32. The van der Waals surface area contributed by atoms with E-state index in [0.29, 0.717) is 12.0 Å². The van der Waals surface area contributed by atoms with Gasteiger partial charge in [0.15, 0.2) is 0 Å². The van der Waals surface area contributed by atoms with Crippen LogP contribution in [0.25, 0.3) is 0 Å². The van der Waals surface area contributed by atoms with E-state index in [-0.39, 0.29) is 0 Å². The van der Waals surface area contributed by atoms with Crippen LogP contribution >= 0.6 is 23.2 Å². The van der Waals surface area contributed by atoms with Crippen molar-refractivity contribution in [2.24, 2.45) is 5.92 Å². The lowest BCUT2D eigenvalue weighted by atomic mass is 9.96. The average Bonchev–Trinajstić information content (AvgIpc) is 2.28. The minimum absolute atomic E-state index is 0.537. The van der Waals surface area contributed by atoms with Gasteiger partial charge in [0.1, 0.15) is 0 Å². The van der Waals surface area contributed by atoms with Crippen LogP contribution in [0.15, 0.2) is 18.2 Å². The lowest BCUT2D eigenvalue weighted by Gasteiger charge is -2.22. The minimum Gasteiger partial charge on any atom is -0.314 e. The van der Waals surface area contributed by atoms with E-state index in [2.05, 4.69) is 26.1 Å². The number of hydrogen-bond acceptors (Lipinski definition) is 1. The molecule has 0 aliphatic carbocycles. The summed E-state index contributed by atoms with van der Waals surface area (Å²) in [7, 11) is 0. The van der Waals surface area contributed by atoms with Crippen molar-refractivity contribution in [1.29, 1.82) is 0 Å². The molecule has 1 atom stereocenters. The third kappa shape index (κ3) is 4.87. The Morgan fingerprint density at radius 1 is 1.24 bits per heavy atom. The van der Waals surface area contributed by atoms with Crippen LogP contribution in [0.1, 0.15) is 32.8 Å². The molecule has 0 saturated heterocycles. The maximum atomic E-state index is 6.16. The van der Waals surface area contributed by atoms with Crippen molar-refractivity contribution in [3.05, 3.63) is 33.8 Å². The summed E-state index contributed by atoms with van der Waals surface area (Å²) in [6, 6.07) is 6.21. The molecule has 3 heteroatoms. The smallest absolute Gasteiger partial charge is 0.0439 e. The first-order valence-electron chi connectivity index (χ1n) is 6.22. The molecule has 0 radical (unpaired) electrons. The van der Waals surface area contributed by atoms with Gasteiger partial charge >= 0.3 is 0 Å². The second kappa shape index (κ2) is 7.25. The van der Waals surface area contributed by atoms with Gasteiger partial charge in [0.25, 0.3) is 0 Å². The van der Waals surface area contributed by atoms with E-state index in [9.17, 15) is 0 Å². The maximum absolute atomic E-state index is 6.16. The van der Waals surface area contributed by atoms with Crippen molar-refractivity contribution >= 4 is 23.2 Å². The third-order valence-electron chi connectivity index (χ3n) is 3.00. The molecule has 0 fully saturated rings. The average molecular weight is 274 g/mol. The minimum atomic E-state index is 0.537. The van der Waals surface area contributed by atoms with Gasteiger partial charge in [-0.2, -0.15) is 0 Å². The van der Waals surface area contributed by atoms with Crippen molar-refractivity contribution in [1.82, 2.24) is 5.32 Å². The molecule has 1 N–H and O–H groups in total. The summed E-state index contributed by atoms with van der Waals surface area (Å²) < 4.78 is 0. The predicted molar refractivity (Wildman–Crippen MR) is 77.1 cm³/mol. The second-order valence-corrected chi connectivity index (χ2v) is 5.53. The van der Waals surface area contributed by atoms with Crippen LogP contribution in [-0.4, -0.2) is 12.6 Å². The van der Waals surface area contributed by atoms with Gasteiger partial charge in [0, 0.05) is 16.1 Å². The van der Waals surface area contributed by atoms with Crippen LogP contribution in [-0.2, 0) is 6.42 Å². The highest BCUT2D eigenvalue weighted by molar-refractivity contribution is 6.33. The zero-order valence-corrected chi connectivity index (χ0v) is 12.3. The second-order valence-electron chi connectivity index (χ2n) is 4.68. The van der Waals surface area contributed by atoms with E-state index in [0.717, 1.165) is 35.0 Å². The fourth-order valence-corrected chi connectivity index (χ4v) is 2.39. The molecule has 17 heavy (non-hydrogen) atoms. The van der Waals surface area contributed by atoms with Gasteiger partial charge in [-0.25, -0.2) is 0 Å². The molecule has 1 aromatic rings. The highest BCUT2D eigenvalue weighted by Crippen LogP contribution is 2.23. The normalized spacial score (nSPS) is 13.1. The standard InChI is InChI=1S/C14H21Cl2N/c1-4-17-14(10(2)3)8-5-11-9-12(15)6-7-13(11)16/h6-7,9-10,14,17H,4-5,8H2,1-3H3. The number of benzene rings is 1. The van der Waals surface area contributed by atoms with Gasteiger partial charge in [-0.1, -0.05) is 44.0 Å². The van der Waals surface area contributed by atoms with E-state index >= 15 is 0 Å². The topological polar surface area (TPSA) is 12.0 Å². The summed E-state index contributed by atoms with van der Waals surface area (Å²) in [5.74, 6) is 0.632. The highest BCUT2D eigenvalue weighted by atomic mass is 35.5. The number of nitrogens with one attached hydrogen (secondary N) is 1. The molecule has 0 aromatic heterocycles. The summed E-state index contributed by atoms with van der Waals surface area (Å²) in [4.78, 5) is 0. The first-order chi connectivity index (χ1) is 8.04. The summed E-state index contributed by atoms with van der Waals surface area (Å²) in [5, 5.41) is 5.08. The molecule has 1 unspecified atom stereocenters. The number of halogens is 2.